The van der Waals surface area contributed by atoms with E-state index in [1.54, 1.807) is 12.1 Å². The Morgan fingerprint density at radius 3 is 2.38 bits per heavy atom. The monoisotopic (exact) mass is 374 g/mol. The van der Waals surface area contributed by atoms with Gasteiger partial charge in [-0.15, -0.1) is 0 Å². The summed E-state index contributed by atoms with van der Waals surface area (Å²) in [5.41, 5.74) is 1.46. The van der Waals surface area contributed by atoms with Gasteiger partial charge >= 0.3 is 0 Å². The number of halogens is 3. The number of rotatable bonds is 5. The second kappa shape index (κ2) is 7.88. The zero-order valence-corrected chi connectivity index (χ0v) is 14.1. The van der Waals surface area contributed by atoms with Crippen molar-refractivity contribution in [1.29, 1.82) is 0 Å². The molecule has 0 fully saturated rings. The summed E-state index contributed by atoms with van der Waals surface area (Å²) in [7, 11) is 0. The Kier molecular flexibility index (Phi) is 5.38. The van der Waals surface area contributed by atoms with Crippen molar-refractivity contribution in [1.82, 2.24) is 9.97 Å². The van der Waals surface area contributed by atoms with Crippen molar-refractivity contribution >= 4 is 29.1 Å². The summed E-state index contributed by atoms with van der Waals surface area (Å²) in [6, 6.07) is 9.92. The van der Waals surface area contributed by atoms with Gasteiger partial charge in [0.15, 0.2) is 0 Å². The number of anilines is 2. The zero-order chi connectivity index (χ0) is 18.5. The summed E-state index contributed by atoms with van der Waals surface area (Å²) in [5, 5.41) is 5.47. The number of aromatic nitrogens is 2. The molecule has 0 bridgehead atoms. The van der Waals surface area contributed by atoms with Crippen molar-refractivity contribution in [2.45, 2.75) is 6.54 Å². The molecule has 26 heavy (non-hydrogen) atoms. The van der Waals surface area contributed by atoms with Gasteiger partial charge in [0.2, 0.25) is 5.95 Å². The molecule has 1 aromatic heterocycles. The minimum absolute atomic E-state index is 0.0839. The predicted octanol–water partition coefficient (Wildman–Crippen LogP) is 4.27. The van der Waals surface area contributed by atoms with E-state index >= 15 is 0 Å². The summed E-state index contributed by atoms with van der Waals surface area (Å²) in [4.78, 5) is 20.3. The van der Waals surface area contributed by atoms with E-state index in [1.165, 1.54) is 36.7 Å². The van der Waals surface area contributed by atoms with Crippen LogP contribution in [0.25, 0.3) is 0 Å². The third kappa shape index (κ3) is 4.52. The van der Waals surface area contributed by atoms with Crippen molar-refractivity contribution in [2.24, 2.45) is 0 Å². The topological polar surface area (TPSA) is 66.9 Å². The molecule has 1 heterocycles. The van der Waals surface area contributed by atoms with Gasteiger partial charge in [-0.1, -0.05) is 23.7 Å². The molecule has 2 aromatic carbocycles. The summed E-state index contributed by atoms with van der Waals surface area (Å²) in [5.74, 6) is -0.985. The number of benzene rings is 2. The molecule has 0 radical (unpaired) electrons. The molecule has 0 spiro atoms. The van der Waals surface area contributed by atoms with Crippen LogP contribution in [0, 0.1) is 11.6 Å². The lowest BCUT2D eigenvalue weighted by atomic mass is 10.2. The van der Waals surface area contributed by atoms with Gasteiger partial charge in [-0.3, -0.25) is 4.79 Å². The van der Waals surface area contributed by atoms with Crippen molar-refractivity contribution in [3.8, 4) is 0 Å². The van der Waals surface area contributed by atoms with Crippen LogP contribution in [0.1, 0.15) is 15.9 Å². The summed E-state index contributed by atoms with van der Waals surface area (Å²) in [6.07, 6.45) is 2.72. The number of hydrogen-bond donors (Lipinski definition) is 2. The average Bonchev–Trinajstić information content (AvgIpc) is 2.65. The van der Waals surface area contributed by atoms with Crippen LogP contribution in [-0.2, 0) is 6.54 Å². The van der Waals surface area contributed by atoms with Crippen LogP contribution < -0.4 is 10.6 Å². The lowest BCUT2D eigenvalue weighted by Gasteiger charge is -2.07. The van der Waals surface area contributed by atoms with E-state index in [-0.39, 0.29) is 16.4 Å². The molecule has 0 aliphatic carbocycles. The summed E-state index contributed by atoms with van der Waals surface area (Å²) >= 11 is 5.68. The van der Waals surface area contributed by atoms with Crippen molar-refractivity contribution in [3.05, 3.63) is 82.6 Å². The smallest absolute Gasteiger partial charge is 0.258 e. The molecule has 0 unspecified atom stereocenters. The highest BCUT2D eigenvalue weighted by Gasteiger charge is 2.09. The molecule has 0 aliphatic rings. The first-order valence-corrected chi connectivity index (χ1v) is 7.96. The van der Waals surface area contributed by atoms with E-state index in [9.17, 15) is 13.6 Å². The van der Waals surface area contributed by atoms with Gasteiger partial charge in [-0.2, -0.15) is 0 Å². The molecule has 132 valence electrons. The number of nitrogens with one attached hydrogen (secondary N) is 2. The first-order valence-electron chi connectivity index (χ1n) is 7.58. The van der Waals surface area contributed by atoms with E-state index in [4.69, 9.17) is 11.6 Å². The van der Waals surface area contributed by atoms with Gasteiger partial charge < -0.3 is 10.6 Å². The molecule has 5 nitrogen and oxygen atoms in total. The fourth-order valence-corrected chi connectivity index (χ4v) is 2.28. The number of hydrogen-bond acceptors (Lipinski definition) is 4. The van der Waals surface area contributed by atoms with Crippen LogP contribution in [-0.4, -0.2) is 15.9 Å². The van der Waals surface area contributed by atoms with Gasteiger partial charge in [0.05, 0.1) is 10.6 Å². The van der Waals surface area contributed by atoms with Crippen LogP contribution in [0.15, 0.2) is 54.9 Å². The Balaban J connectivity index is 1.60. The second-order valence-electron chi connectivity index (χ2n) is 5.36. The fraction of sp³-hybridized carbons (Fsp3) is 0.0556. The van der Waals surface area contributed by atoms with Gasteiger partial charge in [-0.25, -0.2) is 18.7 Å². The molecule has 1 amide bonds. The maximum Gasteiger partial charge on any atom is 0.258 e. The predicted molar refractivity (Wildman–Crippen MR) is 95.1 cm³/mol. The van der Waals surface area contributed by atoms with Gasteiger partial charge in [0.1, 0.15) is 11.6 Å². The Labute approximate surface area is 153 Å². The highest BCUT2D eigenvalue weighted by atomic mass is 35.5. The lowest BCUT2D eigenvalue weighted by Crippen LogP contribution is -2.13. The Hall–Kier alpha value is -3.06. The highest BCUT2D eigenvalue weighted by Crippen LogP contribution is 2.19. The van der Waals surface area contributed by atoms with Gasteiger partial charge in [0.25, 0.3) is 5.91 Å². The quantitative estimate of drug-likeness (QED) is 0.699. The zero-order valence-electron chi connectivity index (χ0n) is 13.3. The third-order valence-electron chi connectivity index (χ3n) is 3.46. The molecule has 2 N–H and O–H groups in total. The van der Waals surface area contributed by atoms with Crippen LogP contribution >= 0.6 is 11.6 Å². The van der Waals surface area contributed by atoms with Crippen LogP contribution in [0.5, 0.6) is 0 Å². The number of carbonyl (C=O) groups excluding carboxylic acids is 1. The fourth-order valence-electron chi connectivity index (χ4n) is 2.10. The highest BCUT2D eigenvalue weighted by molar-refractivity contribution is 6.31. The summed E-state index contributed by atoms with van der Waals surface area (Å²) in [6.45, 7) is 0.417. The number of carbonyl (C=O) groups is 1. The second-order valence-corrected chi connectivity index (χ2v) is 5.77. The minimum Gasteiger partial charge on any atom is -0.350 e. The molecule has 3 rings (SSSR count). The number of amides is 1. The first-order chi connectivity index (χ1) is 12.5. The molecule has 0 atom stereocenters. The van der Waals surface area contributed by atoms with Gasteiger partial charge in [0, 0.05) is 24.6 Å². The lowest BCUT2D eigenvalue weighted by molar-refractivity contribution is 0.102. The molecular formula is C18H13ClF2N4O. The van der Waals surface area contributed by atoms with Crippen molar-refractivity contribution in [2.75, 3.05) is 10.6 Å². The third-order valence-corrected chi connectivity index (χ3v) is 3.75. The standard InChI is InChI=1S/C18H13ClF2N4O/c19-15-7-14(5-6-16(15)21)25-17(26)12-9-23-18(24-10-12)22-8-11-1-3-13(20)4-2-11/h1-7,9-10H,8H2,(H,25,26)(H,22,23,24). The SMILES string of the molecule is O=C(Nc1ccc(F)c(Cl)c1)c1cnc(NCc2ccc(F)cc2)nc1. The number of nitrogens with zero attached hydrogens (tertiary/aromatic N) is 2. The molecule has 0 saturated carbocycles. The Bertz CT molecular complexity index is 917. The molecular weight excluding hydrogens is 362 g/mol. The Morgan fingerprint density at radius 2 is 1.73 bits per heavy atom. The van der Waals surface area contributed by atoms with Gasteiger partial charge in [-0.05, 0) is 35.9 Å². The van der Waals surface area contributed by atoms with Crippen molar-refractivity contribution < 1.29 is 13.6 Å². The minimum atomic E-state index is -0.565. The Morgan fingerprint density at radius 1 is 1.04 bits per heavy atom. The normalized spacial score (nSPS) is 10.4. The first kappa shape index (κ1) is 17.8. The van der Waals surface area contributed by atoms with E-state index in [2.05, 4.69) is 20.6 Å². The molecule has 8 heteroatoms. The van der Waals surface area contributed by atoms with E-state index in [0.29, 0.717) is 18.2 Å². The molecule has 0 saturated heterocycles. The maximum atomic E-state index is 13.1. The molecule has 0 aliphatic heterocycles. The van der Waals surface area contributed by atoms with E-state index in [1.807, 2.05) is 0 Å². The van der Waals surface area contributed by atoms with Crippen LogP contribution in [0.3, 0.4) is 0 Å². The maximum absolute atomic E-state index is 13.1. The van der Waals surface area contributed by atoms with Crippen LogP contribution in [0.4, 0.5) is 20.4 Å². The van der Waals surface area contributed by atoms with E-state index in [0.717, 1.165) is 11.6 Å². The largest absolute Gasteiger partial charge is 0.350 e. The van der Waals surface area contributed by atoms with Crippen molar-refractivity contribution in [3.63, 3.8) is 0 Å². The van der Waals surface area contributed by atoms with E-state index < -0.39 is 11.7 Å². The van der Waals surface area contributed by atoms with Crippen LogP contribution in [0.2, 0.25) is 5.02 Å². The average molecular weight is 375 g/mol. The summed E-state index contributed by atoms with van der Waals surface area (Å²) < 4.78 is 26.0. The molecule has 3 aromatic rings.